The summed E-state index contributed by atoms with van der Waals surface area (Å²) in [4.78, 5) is 0. The number of anilines is 1. The molecule has 0 saturated heterocycles. The Hall–Kier alpha value is -3.11. The zero-order chi connectivity index (χ0) is 18.9. The van der Waals surface area contributed by atoms with Crippen LogP contribution in [0.5, 0.6) is 5.75 Å². The van der Waals surface area contributed by atoms with E-state index in [1.807, 2.05) is 60.7 Å². The molecule has 3 rings (SSSR count). The van der Waals surface area contributed by atoms with E-state index in [-0.39, 0.29) is 6.04 Å². The molecule has 0 saturated carbocycles. The van der Waals surface area contributed by atoms with Gasteiger partial charge in [-0.1, -0.05) is 73.3 Å². The van der Waals surface area contributed by atoms with Gasteiger partial charge in [-0.3, -0.25) is 0 Å². The zero-order valence-electron chi connectivity index (χ0n) is 15.0. The van der Waals surface area contributed by atoms with Gasteiger partial charge in [-0.25, -0.2) is 0 Å². The molecule has 0 aliphatic rings. The molecule has 0 bridgehead atoms. The lowest BCUT2D eigenvalue weighted by Crippen LogP contribution is -2.32. The summed E-state index contributed by atoms with van der Waals surface area (Å²) in [6.07, 6.45) is 1.72. The highest BCUT2D eigenvalue weighted by atomic mass is 32.1. The first-order valence-corrected chi connectivity index (χ1v) is 9.18. The first-order valence-electron chi connectivity index (χ1n) is 8.77. The number of thiocarbonyl (C=S) groups is 1. The van der Waals surface area contributed by atoms with E-state index in [0.717, 1.165) is 22.6 Å². The number of benzene rings is 3. The third-order valence-electron chi connectivity index (χ3n) is 4.02. The first-order chi connectivity index (χ1) is 13.3. The average molecular weight is 375 g/mol. The molecule has 27 heavy (non-hydrogen) atoms. The lowest BCUT2D eigenvalue weighted by atomic mass is 9.99. The molecule has 0 unspecified atom stereocenters. The molecule has 0 radical (unpaired) electrons. The Bertz CT molecular complexity index is 824. The maximum atomic E-state index is 5.55. The van der Waals surface area contributed by atoms with Crippen LogP contribution < -0.4 is 15.4 Å². The summed E-state index contributed by atoms with van der Waals surface area (Å²) in [5, 5.41) is 7.23. The van der Waals surface area contributed by atoms with Crippen LogP contribution in [0.1, 0.15) is 17.2 Å². The van der Waals surface area contributed by atoms with Crippen LogP contribution in [0, 0.1) is 0 Å². The highest BCUT2D eigenvalue weighted by Crippen LogP contribution is 2.22. The van der Waals surface area contributed by atoms with Crippen LogP contribution in [0.4, 0.5) is 5.69 Å². The van der Waals surface area contributed by atoms with Crippen LogP contribution in [0.25, 0.3) is 0 Å². The third-order valence-corrected chi connectivity index (χ3v) is 4.24. The largest absolute Gasteiger partial charge is 0.490 e. The quantitative estimate of drug-likeness (QED) is 0.433. The van der Waals surface area contributed by atoms with Gasteiger partial charge in [0, 0.05) is 5.69 Å². The molecular formula is C23H22N2OS. The normalized spacial score (nSPS) is 10.3. The lowest BCUT2D eigenvalue weighted by Gasteiger charge is -2.22. The molecule has 0 aliphatic heterocycles. The van der Waals surface area contributed by atoms with Crippen molar-refractivity contribution in [1.82, 2.24) is 5.32 Å². The van der Waals surface area contributed by atoms with Gasteiger partial charge < -0.3 is 15.4 Å². The van der Waals surface area contributed by atoms with E-state index in [1.165, 1.54) is 0 Å². The third kappa shape index (κ3) is 5.43. The molecule has 0 heterocycles. The van der Waals surface area contributed by atoms with Gasteiger partial charge in [0.05, 0.1) is 6.04 Å². The maximum absolute atomic E-state index is 5.55. The van der Waals surface area contributed by atoms with E-state index < -0.39 is 0 Å². The Labute approximate surface area is 165 Å². The molecular weight excluding hydrogens is 352 g/mol. The summed E-state index contributed by atoms with van der Waals surface area (Å²) in [5.74, 6) is 0.797. The molecule has 0 fully saturated rings. The predicted molar refractivity (Wildman–Crippen MR) is 116 cm³/mol. The molecule has 0 aliphatic carbocycles. The Balaban J connectivity index is 1.70. The minimum absolute atomic E-state index is 0.0254. The second kappa shape index (κ2) is 9.55. The van der Waals surface area contributed by atoms with E-state index in [1.54, 1.807) is 6.08 Å². The Morgan fingerprint density at radius 2 is 1.44 bits per heavy atom. The molecule has 0 amide bonds. The van der Waals surface area contributed by atoms with E-state index in [9.17, 15) is 0 Å². The highest BCUT2D eigenvalue weighted by molar-refractivity contribution is 7.80. The van der Waals surface area contributed by atoms with Crippen LogP contribution in [-0.2, 0) is 0 Å². The number of hydrogen-bond donors (Lipinski definition) is 2. The van der Waals surface area contributed by atoms with Crippen LogP contribution in [-0.4, -0.2) is 11.7 Å². The summed E-state index contributed by atoms with van der Waals surface area (Å²) in [6, 6.07) is 28.2. The number of ether oxygens (including phenoxy) is 1. The van der Waals surface area contributed by atoms with Crippen molar-refractivity contribution < 1.29 is 4.74 Å². The second-order valence-electron chi connectivity index (χ2n) is 5.98. The molecule has 0 atom stereocenters. The average Bonchev–Trinajstić information content (AvgIpc) is 2.73. The zero-order valence-corrected chi connectivity index (χ0v) is 15.8. The van der Waals surface area contributed by atoms with Crippen molar-refractivity contribution in [2.75, 3.05) is 11.9 Å². The minimum atomic E-state index is -0.0254. The number of rotatable bonds is 7. The van der Waals surface area contributed by atoms with Gasteiger partial charge in [-0.2, -0.15) is 0 Å². The monoisotopic (exact) mass is 374 g/mol. The molecule has 2 N–H and O–H groups in total. The predicted octanol–water partition coefficient (Wildman–Crippen LogP) is 5.33. The summed E-state index contributed by atoms with van der Waals surface area (Å²) in [7, 11) is 0. The molecule has 3 aromatic carbocycles. The standard InChI is InChI=1S/C23H22N2OS/c1-2-17-26-21-15-13-20(14-16-21)24-23(27)25-22(18-9-5-3-6-10-18)19-11-7-4-8-12-19/h2-16,22H,1,17H2,(H2,24,25,27). The molecule has 0 aromatic heterocycles. The van der Waals surface area contributed by atoms with E-state index in [2.05, 4.69) is 41.5 Å². The van der Waals surface area contributed by atoms with Crippen molar-refractivity contribution in [1.29, 1.82) is 0 Å². The molecule has 3 aromatic rings. The molecule has 0 spiro atoms. The Kier molecular flexibility index (Phi) is 6.61. The Morgan fingerprint density at radius 3 is 1.96 bits per heavy atom. The van der Waals surface area contributed by atoms with Crippen molar-refractivity contribution in [2.24, 2.45) is 0 Å². The highest BCUT2D eigenvalue weighted by Gasteiger charge is 2.14. The fourth-order valence-corrected chi connectivity index (χ4v) is 2.97. The van der Waals surface area contributed by atoms with E-state index >= 15 is 0 Å². The lowest BCUT2D eigenvalue weighted by molar-refractivity contribution is 0.363. The molecule has 136 valence electrons. The minimum Gasteiger partial charge on any atom is -0.490 e. The summed E-state index contributed by atoms with van der Waals surface area (Å²) >= 11 is 5.55. The fourth-order valence-electron chi connectivity index (χ4n) is 2.74. The van der Waals surface area contributed by atoms with Crippen LogP contribution >= 0.6 is 12.2 Å². The van der Waals surface area contributed by atoms with Crippen LogP contribution in [0.3, 0.4) is 0 Å². The van der Waals surface area contributed by atoms with Gasteiger partial charge in [0.25, 0.3) is 0 Å². The van der Waals surface area contributed by atoms with Crippen molar-refractivity contribution in [2.45, 2.75) is 6.04 Å². The van der Waals surface area contributed by atoms with Crippen molar-refractivity contribution in [3.63, 3.8) is 0 Å². The van der Waals surface area contributed by atoms with Gasteiger partial charge in [0.2, 0.25) is 0 Å². The molecule has 4 heteroatoms. The van der Waals surface area contributed by atoms with Crippen LogP contribution in [0.2, 0.25) is 0 Å². The summed E-state index contributed by atoms with van der Waals surface area (Å²) in [5.41, 5.74) is 3.21. The Morgan fingerprint density at radius 1 is 0.889 bits per heavy atom. The van der Waals surface area contributed by atoms with Gasteiger partial charge in [0.15, 0.2) is 5.11 Å². The second-order valence-corrected chi connectivity index (χ2v) is 6.39. The van der Waals surface area contributed by atoms with Crippen LogP contribution in [0.15, 0.2) is 97.6 Å². The number of nitrogens with one attached hydrogen (secondary N) is 2. The van der Waals surface area contributed by atoms with E-state index in [0.29, 0.717) is 11.7 Å². The summed E-state index contributed by atoms with van der Waals surface area (Å²) in [6.45, 7) is 4.14. The van der Waals surface area contributed by atoms with E-state index in [4.69, 9.17) is 17.0 Å². The van der Waals surface area contributed by atoms with Crippen molar-refractivity contribution >= 4 is 23.0 Å². The van der Waals surface area contributed by atoms with Gasteiger partial charge in [0.1, 0.15) is 12.4 Å². The van der Waals surface area contributed by atoms with Crippen molar-refractivity contribution in [3.8, 4) is 5.75 Å². The van der Waals surface area contributed by atoms with Crippen molar-refractivity contribution in [3.05, 3.63) is 109 Å². The smallest absolute Gasteiger partial charge is 0.171 e. The fraction of sp³-hybridized carbons (Fsp3) is 0.0870. The van der Waals surface area contributed by atoms with Gasteiger partial charge in [-0.15, -0.1) is 0 Å². The SMILES string of the molecule is C=CCOc1ccc(NC(=S)NC(c2ccccc2)c2ccccc2)cc1. The first kappa shape index (κ1) is 18.7. The topological polar surface area (TPSA) is 33.3 Å². The summed E-state index contributed by atoms with van der Waals surface area (Å²) < 4.78 is 5.50. The number of hydrogen-bond acceptors (Lipinski definition) is 2. The van der Waals surface area contributed by atoms with Gasteiger partial charge in [-0.05, 0) is 47.6 Å². The molecule has 3 nitrogen and oxygen atoms in total. The van der Waals surface area contributed by atoms with Gasteiger partial charge >= 0.3 is 0 Å². The maximum Gasteiger partial charge on any atom is 0.171 e.